The molecule has 1 aromatic heterocycles. The minimum absolute atomic E-state index is 0.119. The number of nitrogens with one attached hydrogen (secondary N) is 1. The molecule has 0 fully saturated rings. The van der Waals surface area contributed by atoms with Crippen molar-refractivity contribution < 1.29 is 14.3 Å². The fourth-order valence-corrected chi connectivity index (χ4v) is 2.30. The van der Waals surface area contributed by atoms with Crippen LogP contribution in [0.2, 0.25) is 0 Å². The average Bonchev–Trinajstić information content (AvgIpc) is 2.65. The zero-order valence-electron chi connectivity index (χ0n) is 14.8. The highest BCUT2D eigenvalue weighted by Gasteiger charge is 2.15. The summed E-state index contributed by atoms with van der Waals surface area (Å²) in [6, 6.07) is 10.2. The molecule has 0 saturated heterocycles. The summed E-state index contributed by atoms with van der Waals surface area (Å²) >= 11 is 0. The third kappa shape index (κ3) is 5.04. The number of rotatable bonds is 7. The molecule has 1 N–H and O–H groups in total. The number of ether oxygens (including phenoxy) is 1. The van der Waals surface area contributed by atoms with Gasteiger partial charge in [-0.2, -0.15) is 0 Å². The van der Waals surface area contributed by atoms with E-state index in [0.29, 0.717) is 23.5 Å². The monoisotopic (exact) mass is 341 g/mol. The predicted octanol–water partition coefficient (Wildman–Crippen LogP) is 3.21. The minimum atomic E-state index is -0.376. The molecule has 0 atom stereocenters. The zero-order chi connectivity index (χ0) is 18.2. The molecule has 2 aromatic rings. The quantitative estimate of drug-likeness (QED) is 0.839. The molecule has 6 nitrogen and oxygen atoms in total. The lowest BCUT2D eigenvalue weighted by Crippen LogP contribution is -2.28. The van der Waals surface area contributed by atoms with Crippen LogP contribution >= 0.6 is 0 Å². The second-order valence-corrected chi connectivity index (χ2v) is 5.70. The summed E-state index contributed by atoms with van der Waals surface area (Å²) in [5.74, 6) is 0.151. The van der Waals surface area contributed by atoms with E-state index in [1.165, 1.54) is 12.3 Å². The third-order valence-corrected chi connectivity index (χ3v) is 3.76. The number of nitrogens with zero attached hydrogens (tertiary/aromatic N) is 2. The van der Waals surface area contributed by atoms with Crippen LogP contribution in [0.15, 0.2) is 42.6 Å². The van der Waals surface area contributed by atoms with Crippen molar-refractivity contribution in [3.8, 4) is 5.75 Å². The van der Waals surface area contributed by atoms with E-state index in [1.807, 2.05) is 0 Å². The maximum Gasteiger partial charge on any atom is 0.274 e. The van der Waals surface area contributed by atoms with E-state index in [2.05, 4.69) is 17.2 Å². The van der Waals surface area contributed by atoms with Gasteiger partial charge in [-0.15, -0.1) is 0 Å². The zero-order valence-corrected chi connectivity index (χ0v) is 14.8. The molecule has 0 radical (unpaired) electrons. The lowest BCUT2D eigenvalue weighted by Gasteiger charge is -2.17. The molecule has 0 aliphatic rings. The van der Waals surface area contributed by atoms with E-state index in [1.54, 1.807) is 49.4 Å². The first-order valence-electron chi connectivity index (χ1n) is 8.22. The van der Waals surface area contributed by atoms with Gasteiger partial charge in [0.1, 0.15) is 11.4 Å². The van der Waals surface area contributed by atoms with E-state index in [9.17, 15) is 9.59 Å². The fraction of sp³-hybridized carbons (Fsp3) is 0.316. The maximum atomic E-state index is 12.4. The van der Waals surface area contributed by atoms with Gasteiger partial charge in [-0.3, -0.25) is 14.6 Å². The molecule has 0 saturated carbocycles. The summed E-state index contributed by atoms with van der Waals surface area (Å²) in [6.07, 6.45) is 3.43. The molecule has 0 spiro atoms. The molecule has 6 heteroatoms. The fourth-order valence-electron chi connectivity index (χ4n) is 2.30. The van der Waals surface area contributed by atoms with Crippen molar-refractivity contribution in [1.29, 1.82) is 0 Å². The van der Waals surface area contributed by atoms with Crippen molar-refractivity contribution in [2.24, 2.45) is 0 Å². The molecule has 2 rings (SSSR count). The maximum absolute atomic E-state index is 12.4. The lowest BCUT2D eigenvalue weighted by atomic mass is 10.2. The van der Waals surface area contributed by atoms with Crippen molar-refractivity contribution in [3.63, 3.8) is 0 Å². The second kappa shape index (κ2) is 8.82. The molecule has 1 aromatic carbocycles. The highest BCUT2D eigenvalue weighted by atomic mass is 16.5. The molecule has 0 unspecified atom stereocenters. The molecular weight excluding hydrogens is 318 g/mol. The van der Waals surface area contributed by atoms with Crippen LogP contribution in [-0.4, -0.2) is 42.4 Å². The molecule has 1 heterocycles. The highest BCUT2D eigenvalue weighted by molar-refractivity contribution is 6.04. The van der Waals surface area contributed by atoms with Crippen LogP contribution in [0.5, 0.6) is 5.75 Å². The number of aromatic nitrogens is 1. The van der Waals surface area contributed by atoms with Crippen LogP contribution in [0.1, 0.15) is 40.6 Å². The van der Waals surface area contributed by atoms with E-state index in [4.69, 9.17) is 4.74 Å². The first-order chi connectivity index (χ1) is 12.0. The van der Waals surface area contributed by atoms with Crippen molar-refractivity contribution in [2.75, 3.05) is 26.0 Å². The number of hydrogen-bond acceptors (Lipinski definition) is 4. The van der Waals surface area contributed by atoms with Gasteiger partial charge in [-0.25, -0.2) is 0 Å². The number of amides is 2. The van der Waals surface area contributed by atoms with Gasteiger partial charge in [0.05, 0.1) is 7.11 Å². The molecule has 0 aliphatic carbocycles. The number of pyridine rings is 1. The summed E-state index contributed by atoms with van der Waals surface area (Å²) in [5.41, 5.74) is 1.24. The Morgan fingerprint density at radius 3 is 2.76 bits per heavy atom. The number of unbranched alkanes of at least 4 members (excludes halogenated alkanes) is 1. The number of carbonyl (C=O) groups excluding carboxylic acids is 2. The van der Waals surface area contributed by atoms with Gasteiger partial charge in [-0.05, 0) is 30.7 Å². The van der Waals surface area contributed by atoms with Crippen molar-refractivity contribution in [1.82, 2.24) is 9.88 Å². The Bertz CT molecular complexity index is 746. The predicted molar refractivity (Wildman–Crippen MR) is 97.1 cm³/mol. The first-order valence-corrected chi connectivity index (χ1v) is 8.22. The number of hydrogen-bond donors (Lipinski definition) is 1. The van der Waals surface area contributed by atoms with Crippen molar-refractivity contribution >= 4 is 17.5 Å². The van der Waals surface area contributed by atoms with Gasteiger partial charge < -0.3 is 15.0 Å². The molecule has 0 bridgehead atoms. The number of benzene rings is 1. The minimum Gasteiger partial charge on any atom is -0.497 e. The first kappa shape index (κ1) is 18.4. The van der Waals surface area contributed by atoms with Crippen LogP contribution in [0.25, 0.3) is 0 Å². The van der Waals surface area contributed by atoms with Crippen LogP contribution in [0.3, 0.4) is 0 Å². The Morgan fingerprint density at radius 1 is 1.24 bits per heavy atom. The Morgan fingerprint density at radius 2 is 2.04 bits per heavy atom. The van der Waals surface area contributed by atoms with Gasteiger partial charge in [0.25, 0.3) is 11.8 Å². The Hall–Kier alpha value is -2.89. The Balaban J connectivity index is 2.11. The smallest absolute Gasteiger partial charge is 0.274 e. The van der Waals surface area contributed by atoms with Crippen LogP contribution in [-0.2, 0) is 0 Å². The third-order valence-electron chi connectivity index (χ3n) is 3.76. The summed E-state index contributed by atoms with van der Waals surface area (Å²) in [4.78, 5) is 30.5. The number of anilines is 1. The SMILES string of the molecule is CCCCN(C)C(=O)c1ccnc(C(=O)Nc2cccc(OC)c2)c1. The van der Waals surface area contributed by atoms with Gasteiger partial charge in [0.15, 0.2) is 0 Å². The summed E-state index contributed by atoms with van der Waals surface area (Å²) < 4.78 is 5.13. The van der Waals surface area contributed by atoms with E-state index < -0.39 is 0 Å². The van der Waals surface area contributed by atoms with Gasteiger partial charge in [0.2, 0.25) is 0 Å². The van der Waals surface area contributed by atoms with Gasteiger partial charge >= 0.3 is 0 Å². The van der Waals surface area contributed by atoms with Crippen molar-refractivity contribution in [3.05, 3.63) is 53.9 Å². The summed E-state index contributed by atoms with van der Waals surface area (Å²) in [5, 5.41) is 2.76. The topological polar surface area (TPSA) is 71.5 Å². The van der Waals surface area contributed by atoms with Crippen LogP contribution in [0.4, 0.5) is 5.69 Å². The van der Waals surface area contributed by atoms with Crippen LogP contribution in [0, 0.1) is 0 Å². The number of carbonyl (C=O) groups is 2. The largest absolute Gasteiger partial charge is 0.497 e. The molecule has 2 amide bonds. The Kier molecular flexibility index (Phi) is 6.51. The van der Waals surface area contributed by atoms with Gasteiger partial charge in [0, 0.05) is 37.1 Å². The summed E-state index contributed by atoms with van der Waals surface area (Å²) in [6.45, 7) is 2.76. The highest BCUT2D eigenvalue weighted by Crippen LogP contribution is 2.17. The summed E-state index contributed by atoms with van der Waals surface area (Å²) in [7, 11) is 3.32. The average molecular weight is 341 g/mol. The molecule has 25 heavy (non-hydrogen) atoms. The molecule has 132 valence electrons. The standard InChI is InChI=1S/C19H23N3O3/c1-4-5-11-22(2)19(24)14-9-10-20-17(12-14)18(23)21-15-7-6-8-16(13-15)25-3/h6-10,12-13H,4-5,11H2,1-3H3,(H,21,23). The Labute approximate surface area is 147 Å². The van der Waals surface area contributed by atoms with E-state index in [0.717, 1.165) is 12.8 Å². The van der Waals surface area contributed by atoms with Crippen molar-refractivity contribution in [2.45, 2.75) is 19.8 Å². The second-order valence-electron chi connectivity index (χ2n) is 5.70. The molecular formula is C19H23N3O3. The van der Waals surface area contributed by atoms with Gasteiger partial charge in [-0.1, -0.05) is 19.4 Å². The number of methoxy groups -OCH3 is 1. The van der Waals surface area contributed by atoms with E-state index >= 15 is 0 Å². The van der Waals surface area contributed by atoms with Crippen LogP contribution < -0.4 is 10.1 Å². The normalized spacial score (nSPS) is 10.2. The van der Waals surface area contributed by atoms with E-state index in [-0.39, 0.29) is 17.5 Å². The molecule has 0 aliphatic heterocycles. The lowest BCUT2D eigenvalue weighted by molar-refractivity contribution is 0.0793.